The van der Waals surface area contributed by atoms with Crippen LogP contribution in [0.3, 0.4) is 0 Å². The third-order valence-corrected chi connectivity index (χ3v) is 4.03. The lowest BCUT2D eigenvalue weighted by atomic mass is 9.99. The summed E-state index contributed by atoms with van der Waals surface area (Å²) in [7, 11) is 1.44. The molecule has 5 nitrogen and oxygen atoms in total. The van der Waals surface area contributed by atoms with E-state index in [1.807, 2.05) is 30.3 Å². The van der Waals surface area contributed by atoms with Crippen LogP contribution in [-0.2, 0) is 6.42 Å². The molecule has 1 heterocycles. The SMILES string of the molecule is COc1cc2c(cc1Cc1ccccc1)OC(C(F)(F)F)C([NH+]([O-])O)=C2. The number of quaternary nitrogens is 1. The summed E-state index contributed by atoms with van der Waals surface area (Å²) in [5.41, 5.74) is 0.973. The van der Waals surface area contributed by atoms with E-state index < -0.39 is 23.2 Å². The first kappa shape index (κ1) is 18.2. The maximum atomic E-state index is 13.2. The minimum atomic E-state index is -4.83. The molecule has 8 heteroatoms. The summed E-state index contributed by atoms with van der Waals surface area (Å²) in [5, 5.41) is 18.6. The van der Waals surface area contributed by atoms with Crippen LogP contribution in [0.4, 0.5) is 13.2 Å². The standard InChI is InChI=1S/C18H16F3NO4/c1-25-15-9-13-8-14(22(23)24)17(18(19,20)21)26-16(13)10-12(15)7-11-5-3-2-4-6-11/h2-6,8-10,17,22-23H,7H2,1H3. The van der Waals surface area contributed by atoms with E-state index in [-0.39, 0.29) is 11.3 Å². The van der Waals surface area contributed by atoms with Crippen LogP contribution in [0.5, 0.6) is 11.5 Å². The van der Waals surface area contributed by atoms with E-state index in [2.05, 4.69) is 0 Å². The number of rotatable bonds is 4. The van der Waals surface area contributed by atoms with Crippen molar-refractivity contribution < 1.29 is 33.1 Å². The molecule has 0 radical (unpaired) electrons. The van der Waals surface area contributed by atoms with E-state index in [9.17, 15) is 18.4 Å². The van der Waals surface area contributed by atoms with Gasteiger partial charge in [-0.05, 0) is 17.7 Å². The first-order valence-electron chi connectivity index (χ1n) is 7.72. The van der Waals surface area contributed by atoms with Gasteiger partial charge in [-0.25, -0.2) is 5.21 Å². The van der Waals surface area contributed by atoms with Gasteiger partial charge in [-0.2, -0.15) is 18.4 Å². The summed E-state index contributed by atoms with van der Waals surface area (Å²) in [6.07, 6.45) is -5.92. The first-order valence-corrected chi connectivity index (χ1v) is 7.72. The van der Waals surface area contributed by atoms with Crippen LogP contribution in [0.15, 0.2) is 48.2 Å². The number of fused-ring (bicyclic) bond motifs is 1. The quantitative estimate of drug-likeness (QED) is 0.816. The number of nitrogens with one attached hydrogen (secondary N) is 1. The lowest BCUT2D eigenvalue weighted by Gasteiger charge is -2.30. The van der Waals surface area contributed by atoms with Crippen LogP contribution in [-0.4, -0.2) is 24.6 Å². The van der Waals surface area contributed by atoms with Crippen LogP contribution >= 0.6 is 0 Å². The fourth-order valence-electron chi connectivity index (χ4n) is 2.83. The number of hydroxylamine groups is 2. The van der Waals surface area contributed by atoms with E-state index in [1.165, 1.54) is 19.2 Å². The van der Waals surface area contributed by atoms with Crippen molar-refractivity contribution >= 4 is 6.08 Å². The Bertz CT molecular complexity index is 819. The predicted octanol–water partition coefficient (Wildman–Crippen LogP) is 2.72. The van der Waals surface area contributed by atoms with Crippen molar-refractivity contribution in [3.63, 3.8) is 0 Å². The lowest BCUT2D eigenvalue weighted by Crippen LogP contribution is -3.04. The molecule has 0 aromatic heterocycles. The maximum absolute atomic E-state index is 13.2. The van der Waals surface area contributed by atoms with E-state index in [0.29, 0.717) is 17.7 Å². The monoisotopic (exact) mass is 367 g/mol. The summed E-state index contributed by atoms with van der Waals surface area (Å²) in [6, 6.07) is 12.3. The molecule has 2 aromatic carbocycles. The molecule has 2 unspecified atom stereocenters. The summed E-state index contributed by atoms with van der Waals surface area (Å²) < 4.78 is 49.9. The van der Waals surface area contributed by atoms with Gasteiger partial charge in [0.25, 0.3) is 6.10 Å². The van der Waals surface area contributed by atoms with Crippen LogP contribution in [0.2, 0.25) is 0 Å². The fourth-order valence-corrected chi connectivity index (χ4v) is 2.83. The molecule has 0 fully saturated rings. The van der Waals surface area contributed by atoms with Gasteiger partial charge in [0, 0.05) is 23.6 Å². The van der Waals surface area contributed by atoms with E-state index in [0.717, 1.165) is 11.6 Å². The summed E-state index contributed by atoms with van der Waals surface area (Å²) in [5.74, 6) is 0.423. The molecular weight excluding hydrogens is 351 g/mol. The minimum absolute atomic E-state index is 0.0240. The molecule has 0 spiro atoms. The van der Waals surface area contributed by atoms with Crippen LogP contribution in [0.1, 0.15) is 16.7 Å². The lowest BCUT2D eigenvalue weighted by molar-refractivity contribution is -1.02. The van der Waals surface area contributed by atoms with Gasteiger partial charge in [-0.1, -0.05) is 30.3 Å². The van der Waals surface area contributed by atoms with Crippen molar-refractivity contribution in [1.29, 1.82) is 0 Å². The second-order valence-corrected chi connectivity index (χ2v) is 5.81. The van der Waals surface area contributed by atoms with E-state index in [1.54, 1.807) is 0 Å². The van der Waals surface area contributed by atoms with Gasteiger partial charge >= 0.3 is 6.18 Å². The number of hydrogen-bond donors (Lipinski definition) is 2. The van der Waals surface area contributed by atoms with Crippen molar-refractivity contribution in [1.82, 2.24) is 0 Å². The summed E-state index contributed by atoms with van der Waals surface area (Å²) in [6.45, 7) is 0. The number of methoxy groups -OCH3 is 1. The highest BCUT2D eigenvalue weighted by Gasteiger charge is 2.49. The van der Waals surface area contributed by atoms with Gasteiger partial charge < -0.3 is 14.7 Å². The molecule has 0 bridgehead atoms. The normalized spacial score (nSPS) is 17.8. The highest BCUT2D eigenvalue weighted by Crippen LogP contribution is 2.39. The summed E-state index contributed by atoms with van der Waals surface area (Å²) in [4.78, 5) is 0. The van der Waals surface area contributed by atoms with E-state index >= 15 is 0 Å². The molecule has 2 atom stereocenters. The van der Waals surface area contributed by atoms with Crippen molar-refractivity contribution in [2.45, 2.75) is 18.7 Å². The Morgan fingerprint density at radius 1 is 1.23 bits per heavy atom. The van der Waals surface area contributed by atoms with Crippen molar-refractivity contribution in [2.24, 2.45) is 0 Å². The van der Waals surface area contributed by atoms with Gasteiger partial charge in [-0.15, -0.1) is 0 Å². The molecule has 0 saturated heterocycles. The zero-order chi connectivity index (χ0) is 18.9. The molecule has 0 aliphatic carbocycles. The number of benzene rings is 2. The second kappa shape index (κ2) is 6.99. The van der Waals surface area contributed by atoms with Crippen molar-refractivity contribution in [2.75, 3.05) is 7.11 Å². The molecule has 1 aliphatic heterocycles. The highest BCUT2D eigenvalue weighted by molar-refractivity contribution is 5.65. The minimum Gasteiger partial charge on any atom is -0.595 e. The Balaban J connectivity index is 2.04. The zero-order valence-corrected chi connectivity index (χ0v) is 13.7. The number of alkyl halides is 3. The average molecular weight is 367 g/mol. The molecule has 26 heavy (non-hydrogen) atoms. The first-order chi connectivity index (χ1) is 12.3. The van der Waals surface area contributed by atoms with Gasteiger partial charge in [0.15, 0.2) is 5.70 Å². The van der Waals surface area contributed by atoms with Gasteiger partial charge in [0.1, 0.15) is 11.5 Å². The third kappa shape index (κ3) is 3.67. The van der Waals surface area contributed by atoms with Crippen LogP contribution in [0, 0.1) is 5.21 Å². The molecule has 3 rings (SSSR count). The van der Waals surface area contributed by atoms with Gasteiger partial charge in [0.05, 0.1) is 7.11 Å². The Hall–Kier alpha value is -2.55. The molecule has 1 aliphatic rings. The highest BCUT2D eigenvalue weighted by atomic mass is 19.4. The molecule has 0 saturated carbocycles. The molecule has 138 valence electrons. The Labute approximate surface area is 147 Å². The fraction of sp³-hybridized carbons (Fsp3) is 0.222. The number of hydrogen-bond acceptors (Lipinski definition) is 4. The Kier molecular flexibility index (Phi) is 4.90. The van der Waals surface area contributed by atoms with Crippen molar-refractivity contribution in [3.05, 3.63) is 70.1 Å². The average Bonchev–Trinajstić information content (AvgIpc) is 2.60. The predicted molar refractivity (Wildman–Crippen MR) is 86.8 cm³/mol. The topological polar surface area (TPSA) is 66.2 Å². The van der Waals surface area contributed by atoms with Gasteiger partial charge in [-0.3, -0.25) is 0 Å². The smallest absolute Gasteiger partial charge is 0.435 e. The summed E-state index contributed by atoms with van der Waals surface area (Å²) >= 11 is 0. The Morgan fingerprint density at radius 3 is 2.50 bits per heavy atom. The molecule has 2 aromatic rings. The largest absolute Gasteiger partial charge is 0.595 e. The van der Waals surface area contributed by atoms with Crippen LogP contribution < -0.4 is 14.7 Å². The number of ether oxygens (including phenoxy) is 2. The maximum Gasteiger partial charge on any atom is 0.435 e. The molecular formula is C18H16F3NO4. The van der Waals surface area contributed by atoms with Gasteiger partial charge in [0.2, 0.25) is 0 Å². The number of halogens is 3. The van der Waals surface area contributed by atoms with Crippen molar-refractivity contribution in [3.8, 4) is 11.5 Å². The molecule has 2 N–H and O–H groups in total. The third-order valence-electron chi connectivity index (χ3n) is 4.03. The molecule has 0 amide bonds. The Morgan fingerprint density at radius 2 is 1.92 bits per heavy atom. The van der Waals surface area contributed by atoms with Crippen LogP contribution in [0.25, 0.3) is 6.08 Å². The zero-order valence-electron chi connectivity index (χ0n) is 13.7. The second-order valence-electron chi connectivity index (χ2n) is 5.81. The van der Waals surface area contributed by atoms with E-state index in [4.69, 9.17) is 14.7 Å².